The fraction of sp³-hybridized carbons (Fsp3) is 0.364. The van der Waals surface area contributed by atoms with Crippen molar-refractivity contribution in [3.63, 3.8) is 0 Å². The first-order valence-corrected chi connectivity index (χ1v) is 5.64. The number of halogens is 2. The molecule has 0 radical (unpaired) electrons. The molecule has 0 aromatic heterocycles. The minimum absolute atomic E-state index is 0.0647. The van der Waals surface area contributed by atoms with Crippen LogP contribution in [0.25, 0.3) is 0 Å². The molecule has 1 fully saturated rings. The van der Waals surface area contributed by atoms with Crippen molar-refractivity contribution < 1.29 is 9.18 Å². The Morgan fingerprint density at radius 2 is 2.13 bits per heavy atom. The van der Waals surface area contributed by atoms with Gasteiger partial charge in [-0.3, -0.25) is 4.79 Å². The van der Waals surface area contributed by atoms with E-state index in [-0.39, 0.29) is 11.7 Å². The molecule has 80 valence electrons. The normalized spacial score (nSPS) is 15.0. The second-order valence-corrected chi connectivity index (χ2v) is 4.58. The maximum Gasteiger partial charge on any atom is 0.254 e. The molecule has 0 saturated carbocycles. The molecule has 1 aliphatic heterocycles. The van der Waals surface area contributed by atoms with Gasteiger partial charge in [-0.05, 0) is 47.0 Å². The molecule has 2 rings (SSSR count). The van der Waals surface area contributed by atoms with E-state index in [4.69, 9.17) is 0 Å². The third-order valence-electron chi connectivity index (χ3n) is 2.64. The largest absolute Gasteiger partial charge is 0.339 e. The molecular weight excluding hydrogens is 261 g/mol. The van der Waals surface area contributed by atoms with Gasteiger partial charge in [-0.15, -0.1) is 0 Å². The lowest BCUT2D eigenvalue weighted by Crippen LogP contribution is -2.42. The molecule has 1 heterocycles. The number of likely N-dealkylation sites (tertiary alicyclic amines) is 1. The number of carbonyl (C=O) groups is 1. The molecule has 1 aromatic carbocycles. The van der Waals surface area contributed by atoms with Crippen LogP contribution in [0.5, 0.6) is 0 Å². The van der Waals surface area contributed by atoms with Crippen LogP contribution in [-0.2, 0) is 0 Å². The third kappa shape index (κ3) is 1.91. The summed E-state index contributed by atoms with van der Waals surface area (Å²) in [4.78, 5) is 13.6. The van der Waals surface area contributed by atoms with Crippen LogP contribution >= 0.6 is 15.9 Å². The highest BCUT2D eigenvalue weighted by Gasteiger charge is 2.23. The van der Waals surface area contributed by atoms with E-state index < -0.39 is 0 Å². The SMILES string of the molecule is Cc1cc(Br)c(F)cc1C(=O)N1CCC1. The molecule has 1 aromatic rings. The number of rotatable bonds is 1. The Morgan fingerprint density at radius 3 is 2.67 bits per heavy atom. The minimum Gasteiger partial charge on any atom is -0.339 e. The molecule has 15 heavy (non-hydrogen) atoms. The van der Waals surface area contributed by atoms with Crippen LogP contribution in [0.2, 0.25) is 0 Å². The van der Waals surface area contributed by atoms with Crippen LogP contribution in [0.15, 0.2) is 16.6 Å². The summed E-state index contributed by atoms with van der Waals surface area (Å²) in [6, 6.07) is 2.95. The Balaban J connectivity index is 2.34. The van der Waals surface area contributed by atoms with Gasteiger partial charge in [0.1, 0.15) is 5.82 Å². The summed E-state index contributed by atoms with van der Waals surface area (Å²) >= 11 is 3.10. The van der Waals surface area contributed by atoms with Crippen LogP contribution in [0.4, 0.5) is 4.39 Å². The van der Waals surface area contributed by atoms with Crippen LogP contribution in [0.3, 0.4) is 0 Å². The summed E-state index contributed by atoms with van der Waals surface area (Å²) in [5.41, 5.74) is 1.27. The first-order chi connectivity index (χ1) is 7.09. The lowest BCUT2D eigenvalue weighted by molar-refractivity contribution is 0.0650. The standard InChI is InChI=1S/C11H11BrFNO/c1-7-5-9(12)10(13)6-8(7)11(15)14-3-2-4-14/h5-6H,2-4H2,1H3. The molecule has 0 spiro atoms. The molecule has 4 heteroatoms. The van der Waals surface area contributed by atoms with Gasteiger partial charge >= 0.3 is 0 Å². The van der Waals surface area contributed by atoms with Gasteiger partial charge < -0.3 is 4.90 Å². The summed E-state index contributed by atoms with van der Waals surface area (Å²) in [5.74, 6) is -0.449. The van der Waals surface area contributed by atoms with E-state index in [1.165, 1.54) is 6.07 Å². The second-order valence-electron chi connectivity index (χ2n) is 3.73. The van der Waals surface area contributed by atoms with Gasteiger partial charge in [-0.25, -0.2) is 4.39 Å². The Bertz CT molecular complexity index is 415. The summed E-state index contributed by atoms with van der Waals surface area (Å²) in [6.45, 7) is 3.39. The molecule has 1 aliphatic rings. The third-order valence-corrected chi connectivity index (χ3v) is 3.25. The molecule has 1 saturated heterocycles. The zero-order valence-corrected chi connectivity index (χ0v) is 9.97. The van der Waals surface area contributed by atoms with Crippen molar-refractivity contribution in [3.05, 3.63) is 33.5 Å². The molecular formula is C11H11BrFNO. The number of aryl methyl sites for hydroxylation is 1. The van der Waals surface area contributed by atoms with E-state index >= 15 is 0 Å². The molecule has 1 amide bonds. The van der Waals surface area contributed by atoms with Gasteiger partial charge in [0, 0.05) is 18.7 Å². The number of hydrogen-bond acceptors (Lipinski definition) is 1. The number of nitrogens with zero attached hydrogens (tertiary/aromatic N) is 1. The molecule has 0 aliphatic carbocycles. The molecule has 0 unspecified atom stereocenters. The molecule has 0 N–H and O–H groups in total. The molecule has 0 atom stereocenters. The average Bonchev–Trinajstić information content (AvgIpc) is 2.08. The Kier molecular flexibility index (Phi) is 2.78. The Morgan fingerprint density at radius 1 is 1.47 bits per heavy atom. The predicted molar refractivity (Wildman–Crippen MR) is 59.4 cm³/mol. The van der Waals surface area contributed by atoms with E-state index in [1.54, 1.807) is 11.0 Å². The quantitative estimate of drug-likeness (QED) is 0.769. The summed E-state index contributed by atoms with van der Waals surface area (Å²) < 4.78 is 13.7. The maximum absolute atomic E-state index is 13.3. The van der Waals surface area contributed by atoms with E-state index in [0.29, 0.717) is 10.0 Å². The molecule has 0 bridgehead atoms. The lowest BCUT2D eigenvalue weighted by Gasteiger charge is -2.31. The van der Waals surface area contributed by atoms with Crippen LogP contribution in [0, 0.1) is 12.7 Å². The van der Waals surface area contributed by atoms with Gasteiger partial charge in [-0.2, -0.15) is 0 Å². The smallest absolute Gasteiger partial charge is 0.254 e. The van der Waals surface area contributed by atoms with Crippen molar-refractivity contribution in [2.75, 3.05) is 13.1 Å². The summed E-state index contributed by atoms with van der Waals surface area (Å²) in [6.07, 6.45) is 1.05. The van der Waals surface area contributed by atoms with Crippen LogP contribution in [0.1, 0.15) is 22.3 Å². The van der Waals surface area contributed by atoms with Crippen molar-refractivity contribution in [2.45, 2.75) is 13.3 Å². The Hall–Kier alpha value is -0.900. The van der Waals surface area contributed by atoms with Crippen molar-refractivity contribution in [2.24, 2.45) is 0 Å². The van der Waals surface area contributed by atoms with Crippen LogP contribution in [-0.4, -0.2) is 23.9 Å². The van der Waals surface area contributed by atoms with Gasteiger partial charge in [0.05, 0.1) is 4.47 Å². The first-order valence-electron chi connectivity index (χ1n) is 4.84. The van der Waals surface area contributed by atoms with Gasteiger partial charge in [-0.1, -0.05) is 0 Å². The van der Waals surface area contributed by atoms with E-state index in [9.17, 15) is 9.18 Å². The highest BCUT2D eigenvalue weighted by Crippen LogP contribution is 2.22. The van der Waals surface area contributed by atoms with E-state index in [0.717, 1.165) is 25.1 Å². The zero-order chi connectivity index (χ0) is 11.0. The van der Waals surface area contributed by atoms with Gasteiger partial charge in [0.25, 0.3) is 5.91 Å². The maximum atomic E-state index is 13.3. The molecule has 2 nitrogen and oxygen atoms in total. The van der Waals surface area contributed by atoms with Crippen molar-refractivity contribution in [1.29, 1.82) is 0 Å². The Labute approximate surface area is 96.2 Å². The number of hydrogen-bond donors (Lipinski definition) is 0. The first kappa shape index (κ1) is 10.6. The second kappa shape index (κ2) is 3.93. The summed E-state index contributed by atoms with van der Waals surface area (Å²) in [5, 5.41) is 0. The van der Waals surface area contributed by atoms with Crippen LogP contribution < -0.4 is 0 Å². The van der Waals surface area contributed by atoms with E-state index in [2.05, 4.69) is 15.9 Å². The number of carbonyl (C=O) groups excluding carboxylic acids is 1. The fourth-order valence-corrected chi connectivity index (χ4v) is 2.02. The number of benzene rings is 1. The highest BCUT2D eigenvalue weighted by atomic mass is 79.9. The highest BCUT2D eigenvalue weighted by molar-refractivity contribution is 9.10. The van der Waals surface area contributed by atoms with E-state index in [1.807, 2.05) is 6.92 Å². The monoisotopic (exact) mass is 271 g/mol. The van der Waals surface area contributed by atoms with Crippen molar-refractivity contribution >= 4 is 21.8 Å². The average molecular weight is 272 g/mol. The van der Waals surface area contributed by atoms with Gasteiger partial charge in [0.15, 0.2) is 0 Å². The predicted octanol–water partition coefficient (Wildman–Crippen LogP) is 2.74. The zero-order valence-electron chi connectivity index (χ0n) is 8.39. The lowest BCUT2D eigenvalue weighted by atomic mass is 10.1. The topological polar surface area (TPSA) is 20.3 Å². The minimum atomic E-state index is -0.385. The number of amides is 1. The fourth-order valence-electron chi connectivity index (χ4n) is 1.57. The summed E-state index contributed by atoms with van der Waals surface area (Å²) in [7, 11) is 0. The van der Waals surface area contributed by atoms with Crippen molar-refractivity contribution in [3.8, 4) is 0 Å². The van der Waals surface area contributed by atoms with Crippen molar-refractivity contribution in [1.82, 2.24) is 4.90 Å². The van der Waals surface area contributed by atoms with Gasteiger partial charge in [0.2, 0.25) is 0 Å².